The Labute approximate surface area is 179 Å². The minimum absolute atomic E-state index is 0.299. The van der Waals surface area contributed by atoms with E-state index in [9.17, 15) is 4.79 Å². The van der Waals surface area contributed by atoms with Crippen molar-refractivity contribution in [2.45, 2.75) is 33.2 Å². The van der Waals surface area contributed by atoms with E-state index in [1.807, 2.05) is 35.8 Å². The molecule has 0 saturated carbocycles. The predicted molar refractivity (Wildman–Crippen MR) is 118 cm³/mol. The second-order valence-corrected chi connectivity index (χ2v) is 8.11. The number of benzene rings is 2. The molecule has 0 fully saturated rings. The lowest BCUT2D eigenvalue weighted by molar-refractivity contribution is 0.0997. The summed E-state index contributed by atoms with van der Waals surface area (Å²) in [4.78, 5) is 17.9. The molecule has 0 spiro atoms. The molecule has 154 valence electrons. The summed E-state index contributed by atoms with van der Waals surface area (Å²) in [7, 11) is 1.65. The van der Waals surface area contributed by atoms with Crippen molar-refractivity contribution in [1.82, 2.24) is 4.57 Å². The van der Waals surface area contributed by atoms with Crippen LogP contribution in [0.1, 0.15) is 35.7 Å². The van der Waals surface area contributed by atoms with Gasteiger partial charge in [-0.1, -0.05) is 42.3 Å². The molecular formula is C22H25ClN2O3S. The van der Waals surface area contributed by atoms with Crippen LogP contribution < -0.4 is 9.54 Å². The third-order valence-electron chi connectivity index (χ3n) is 4.59. The predicted octanol–water partition coefficient (Wildman–Crippen LogP) is 5.23. The number of ether oxygens (including phenoxy) is 2. The molecule has 1 amide bonds. The number of fused-ring (bicyclic) bond motifs is 1. The summed E-state index contributed by atoms with van der Waals surface area (Å²) in [5.74, 6) is 0.387. The van der Waals surface area contributed by atoms with E-state index >= 15 is 0 Å². The van der Waals surface area contributed by atoms with E-state index in [0.29, 0.717) is 40.9 Å². The van der Waals surface area contributed by atoms with Crippen molar-refractivity contribution < 1.29 is 14.3 Å². The van der Waals surface area contributed by atoms with Crippen LogP contribution in [-0.4, -0.2) is 30.8 Å². The summed E-state index contributed by atoms with van der Waals surface area (Å²) in [5, 5.41) is 0.691. The Kier molecular flexibility index (Phi) is 7.47. The Morgan fingerprint density at radius 3 is 2.83 bits per heavy atom. The van der Waals surface area contributed by atoms with Crippen molar-refractivity contribution in [3.8, 4) is 5.75 Å². The molecule has 0 atom stereocenters. The van der Waals surface area contributed by atoms with Crippen molar-refractivity contribution in [3.63, 3.8) is 0 Å². The second-order valence-electron chi connectivity index (χ2n) is 6.70. The van der Waals surface area contributed by atoms with Gasteiger partial charge >= 0.3 is 0 Å². The Balaban J connectivity index is 2.00. The van der Waals surface area contributed by atoms with Gasteiger partial charge in [0.15, 0.2) is 4.80 Å². The van der Waals surface area contributed by atoms with Gasteiger partial charge in [-0.25, -0.2) is 0 Å². The van der Waals surface area contributed by atoms with Gasteiger partial charge in [0, 0.05) is 24.2 Å². The minimum Gasteiger partial charge on any atom is -0.494 e. The van der Waals surface area contributed by atoms with E-state index < -0.39 is 0 Å². The number of thiazole rings is 1. The molecule has 0 N–H and O–H groups in total. The van der Waals surface area contributed by atoms with Crippen molar-refractivity contribution >= 4 is 39.1 Å². The first-order valence-electron chi connectivity index (χ1n) is 9.64. The van der Waals surface area contributed by atoms with Crippen molar-refractivity contribution in [2.24, 2.45) is 4.99 Å². The van der Waals surface area contributed by atoms with Crippen LogP contribution in [0.2, 0.25) is 5.02 Å². The van der Waals surface area contributed by atoms with Gasteiger partial charge in [0.2, 0.25) is 0 Å². The number of carbonyl (C=O) groups excluding carboxylic acids is 1. The van der Waals surface area contributed by atoms with E-state index in [4.69, 9.17) is 21.1 Å². The monoisotopic (exact) mass is 432 g/mol. The number of nitrogens with zero attached hydrogens (tertiary/aromatic N) is 2. The molecular weight excluding hydrogens is 408 g/mol. The van der Waals surface area contributed by atoms with Crippen LogP contribution in [0, 0.1) is 6.92 Å². The van der Waals surface area contributed by atoms with E-state index in [-0.39, 0.29) is 5.91 Å². The molecule has 0 saturated heterocycles. The Bertz CT molecular complexity index is 1070. The van der Waals surface area contributed by atoms with Crippen LogP contribution in [0.5, 0.6) is 5.75 Å². The highest BCUT2D eigenvalue weighted by molar-refractivity contribution is 7.16. The van der Waals surface area contributed by atoms with Crippen LogP contribution in [0.3, 0.4) is 0 Å². The number of methoxy groups -OCH3 is 1. The summed E-state index contributed by atoms with van der Waals surface area (Å²) in [6.07, 6.45) is 2.04. The molecule has 1 heterocycles. The van der Waals surface area contributed by atoms with E-state index in [1.54, 1.807) is 19.2 Å². The highest BCUT2D eigenvalue weighted by atomic mass is 35.5. The van der Waals surface area contributed by atoms with Crippen LogP contribution in [-0.2, 0) is 11.3 Å². The summed E-state index contributed by atoms with van der Waals surface area (Å²) in [6.45, 7) is 5.83. The van der Waals surface area contributed by atoms with Crippen LogP contribution in [0.4, 0.5) is 0 Å². The number of hydrogen-bond donors (Lipinski definition) is 0. The number of aryl methyl sites for hydroxylation is 1. The van der Waals surface area contributed by atoms with Gasteiger partial charge in [-0.2, -0.15) is 4.99 Å². The fourth-order valence-corrected chi connectivity index (χ4v) is 4.26. The lowest BCUT2D eigenvalue weighted by Gasteiger charge is -2.08. The number of halogens is 1. The van der Waals surface area contributed by atoms with Gasteiger partial charge in [-0.05, 0) is 49.2 Å². The summed E-state index contributed by atoms with van der Waals surface area (Å²) < 4.78 is 14.0. The summed E-state index contributed by atoms with van der Waals surface area (Å²) in [6, 6.07) is 11.0. The van der Waals surface area contributed by atoms with Crippen molar-refractivity contribution in [2.75, 3.05) is 20.3 Å². The zero-order valence-corrected chi connectivity index (χ0v) is 18.5. The second kappa shape index (κ2) is 10.1. The molecule has 0 aliphatic carbocycles. The number of rotatable bonds is 8. The molecule has 3 rings (SSSR count). The number of unbranched alkanes of at least 4 members (excludes halogenated alkanes) is 1. The maximum Gasteiger partial charge on any atom is 0.279 e. The van der Waals surface area contributed by atoms with Gasteiger partial charge < -0.3 is 14.0 Å². The fraction of sp³-hybridized carbons (Fsp3) is 0.364. The lowest BCUT2D eigenvalue weighted by atomic mass is 10.2. The molecule has 0 radical (unpaired) electrons. The standard InChI is InChI=1S/C22H25ClN2O3S/c1-4-5-12-28-17-8-6-7-16(14-17)21(26)24-22-25(11-13-27-3)20-15(2)18(23)9-10-19(20)29-22/h6-10,14H,4-5,11-13H2,1-3H3. The van der Waals surface area contributed by atoms with Crippen LogP contribution in [0.25, 0.3) is 10.2 Å². The van der Waals surface area contributed by atoms with E-state index in [1.165, 1.54) is 11.3 Å². The van der Waals surface area contributed by atoms with Crippen molar-refractivity contribution in [3.05, 3.63) is 57.3 Å². The zero-order chi connectivity index (χ0) is 20.8. The normalized spacial score (nSPS) is 11.9. The van der Waals surface area contributed by atoms with Gasteiger partial charge in [0.25, 0.3) is 5.91 Å². The molecule has 29 heavy (non-hydrogen) atoms. The highest BCUT2D eigenvalue weighted by Crippen LogP contribution is 2.27. The first-order chi connectivity index (χ1) is 14.0. The first-order valence-corrected chi connectivity index (χ1v) is 10.8. The largest absolute Gasteiger partial charge is 0.494 e. The topological polar surface area (TPSA) is 52.8 Å². The highest BCUT2D eigenvalue weighted by Gasteiger charge is 2.13. The molecule has 0 aliphatic rings. The first kappa shape index (κ1) is 21.6. The molecule has 5 nitrogen and oxygen atoms in total. The maximum absolute atomic E-state index is 12.9. The van der Waals surface area contributed by atoms with Gasteiger partial charge in [-0.3, -0.25) is 4.79 Å². The number of carbonyl (C=O) groups is 1. The zero-order valence-electron chi connectivity index (χ0n) is 16.9. The Hall–Kier alpha value is -2.15. The Morgan fingerprint density at radius 2 is 2.07 bits per heavy atom. The Morgan fingerprint density at radius 1 is 1.24 bits per heavy atom. The third kappa shape index (κ3) is 5.07. The third-order valence-corrected chi connectivity index (χ3v) is 6.05. The molecule has 2 aromatic carbocycles. The molecule has 3 aromatic rings. The van der Waals surface area contributed by atoms with E-state index in [2.05, 4.69) is 11.9 Å². The van der Waals surface area contributed by atoms with Crippen LogP contribution >= 0.6 is 22.9 Å². The molecule has 1 aromatic heterocycles. The number of aromatic nitrogens is 1. The van der Waals surface area contributed by atoms with E-state index in [0.717, 1.165) is 28.6 Å². The minimum atomic E-state index is -0.299. The summed E-state index contributed by atoms with van der Waals surface area (Å²) in [5.41, 5.74) is 2.46. The number of hydrogen-bond acceptors (Lipinski definition) is 4. The van der Waals surface area contributed by atoms with Crippen LogP contribution in [0.15, 0.2) is 41.4 Å². The SMILES string of the molecule is CCCCOc1cccc(C(=O)N=c2sc3ccc(Cl)c(C)c3n2CCOC)c1. The fourth-order valence-electron chi connectivity index (χ4n) is 3.00. The average Bonchev–Trinajstić information content (AvgIpc) is 3.07. The van der Waals surface area contributed by atoms with Gasteiger partial charge in [0.05, 0.1) is 23.4 Å². The van der Waals surface area contributed by atoms with Gasteiger partial charge in [-0.15, -0.1) is 0 Å². The molecule has 0 aliphatic heterocycles. The lowest BCUT2D eigenvalue weighted by Crippen LogP contribution is -2.19. The van der Waals surface area contributed by atoms with Gasteiger partial charge in [0.1, 0.15) is 5.75 Å². The number of amides is 1. The maximum atomic E-state index is 12.9. The quantitative estimate of drug-likeness (QED) is 0.458. The molecule has 0 unspecified atom stereocenters. The smallest absolute Gasteiger partial charge is 0.279 e. The molecule has 0 bridgehead atoms. The average molecular weight is 433 g/mol. The van der Waals surface area contributed by atoms with Crippen molar-refractivity contribution in [1.29, 1.82) is 0 Å². The summed E-state index contributed by atoms with van der Waals surface area (Å²) >= 11 is 7.79. The molecule has 7 heteroatoms.